The van der Waals surface area contributed by atoms with Crippen molar-refractivity contribution >= 4 is 38.7 Å². The van der Waals surface area contributed by atoms with Gasteiger partial charge >= 0.3 is 0 Å². The zero-order chi connectivity index (χ0) is 14.9. The van der Waals surface area contributed by atoms with E-state index in [1.807, 2.05) is 0 Å². The second-order valence-electron chi connectivity index (χ2n) is 5.43. The van der Waals surface area contributed by atoms with Crippen molar-refractivity contribution in [2.24, 2.45) is 0 Å². The van der Waals surface area contributed by atoms with Crippen LogP contribution in [0.4, 0.5) is 5.82 Å². The predicted molar refractivity (Wildman–Crippen MR) is 95.1 cm³/mol. The van der Waals surface area contributed by atoms with Crippen molar-refractivity contribution in [1.29, 1.82) is 0 Å². The highest BCUT2D eigenvalue weighted by molar-refractivity contribution is 7.18. The van der Waals surface area contributed by atoms with Gasteiger partial charge in [-0.2, -0.15) is 0 Å². The fraction of sp³-hybridized carbons (Fsp3) is 0.375. The topological polar surface area (TPSA) is 32.3 Å². The molecule has 3 aromatic heterocycles. The third-order valence-electron chi connectivity index (χ3n) is 4.26. The molecule has 4 heterocycles. The molecule has 3 aromatic rings. The van der Waals surface area contributed by atoms with Crippen molar-refractivity contribution in [1.82, 2.24) is 14.9 Å². The molecular formula is C16H18N4S2. The summed E-state index contributed by atoms with van der Waals surface area (Å²) in [6.45, 7) is 7.67. The Morgan fingerprint density at radius 2 is 2.00 bits per heavy atom. The van der Waals surface area contributed by atoms with Crippen molar-refractivity contribution in [3.05, 3.63) is 29.2 Å². The number of nitrogens with zero attached hydrogens (tertiary/aromatic N) is 4. The minimum Gasteiger partial charge on any atom is -0.353 e. The summed E-state index contributed by atoms with van der Waals surface area (Å²) < 4.78 is 0. The Balaban J connectivity index is 1.76. The van der Waals surface area contributed by atoms with E-state index in [1.54, 1.807) is 29.0 Å². The van der Waals surface area contributed by atoms with E-state index in [4.69, 9.17) is 0 Å². The molecule has 0 amide bonds. The Labute approximate surface area is 138 Å². The lowest BCUT2D eigenvalue weighted by Crippen LogP contribution is -2.46. The fourth-order valence-electron chi connectivity index (χ4n) is 2.99. The molecule has 0 aromatic carbocycles. The summed E-state index contributed by atoms with van der Waals surface area (Å²) in [6.07, 6.45) is 1.71. The summed E-state index contributed by atoms with van der Waals surface area (Å²) >= 11 is 3.49. The summed E-state index contributed by atoms with van der Waals surface area (Å²) in [5.41, 5.74) is 1.28. The van der Waals surface area contributed by atoms with Gasteiger partial charge in [0.15, 0.2) is 0 Å². The van der Waals surface area contributed by atoms with Crippen LogP contribution in [-0.2, 0) is 0 Å². The quantitative estimate of drug-likeness (QED) is 0.735. The Morgan fingerprint density at radius 3 is 2.73 bits per heavy atom. The van der Waals surface area contributed by atoms with Crippen molar-refractivity contribution in [3.8, 4) is 10.4 Å². The highest BCUT2D eigenvalue weighted by Gasteiger charge is 2.21. The van der Waals surface area contributed by atoms with Crippen LogP contribution in [0.2, 0.25) is 0 Å². The number of aromatic nitrogens is 2. The number of anilines is 1. The Bertz CT molecular complexity index is 758. The van der Waals surface area contributed by atoms with Crippen LogP contribution in [0.3, 0.4) is 0 Å². The first-order chi connectivity index (χ1) is 10.9. The first-order valence-corrected chi connectivity index (χ1v) is 9.36. The van der Waals surface area contributed by atoms with E-state index < -0.39 is 0 Å². The summed E-state index contributed by atoms with van der Waals surface area (Å²) in [7, 11) is 0. The number of piperazine rings is 1. The molecule has 1 fully saturated rings. The van der Waals surface area contributed by atoms with Gasteiger partial charge in [-0.25, -0.2) is 9.97 Å². The first-order valence-electron chi connectivity index (χ1n) is 7.60. The number of hydrogen-bond donors (Lipinski definition) is 0. The Hall–Kier alpha value is -1.50. The molecule has 0 bridgehead atoms. The minimum absolute atomic E-state index is 1.04. The molecule has 0 radical (unpaired) electrons. The number of hydrogen-bond acceptors (Lipinski definition) is 6. The third kappa shape index (κ3) is 2.41. The zero-order valence-electron chi connectivity index (χ0n) is 12.5. The van der Waals surface area contributed by atoms with E-state index >= 15 is 0 Å². The molecule has 6 heteroatoms. The smallest absolute Gasteiger partial charge is 0.141 e. The van der Waals surface area contributed by atoms with Gasteiger partial charge in [-0.05, 0) is 18.0 Å². The van der Waals surface area contributed by atoms with Crippen LogP contribution in [0.25, 0.3) is 20.7 Å². The number of thiophene rings is 2. The first kappa shape index (κ1) is 14.1. The van der Waals surface area contributed by atoms with Crippen LogP contribution in [-0.4, -0.2) is 47.6 Å². The normalized spacial score (nSPS) is 16.5. The van der Waals surface area contributed by atoms with Crippen LogP contribution in [0.5, 0.6) is 0 Å². The van der Waals surface area contributed by atoms with E-state index in [0.29, 0.717) is 0 Å². The molecule has 114 valence electrons. The van der Waals surface area contributed by atoms with E-state index in [2.05, 4.69) is 49.6 Å². The van der Waals surface area contributed by atoms with Crippen molar-refractivity contribution in [2.45, 2.75) is 6.92 Å². The van der Waals surface area contributed by atoms with Gasteiger partial charge in [0.25, 0.3) is 0 Å². The fourth-order valence-corrected chi connectivity index (χ4v) is 4.71. The average Bonchev–Trinajstić information content (AvgIpc) is 3.23. The van der Waals surface area contributed by atoms with Gasteiger partial charge in [-0.15, -0.1) is 22.7 Å². The maximum atomic E-state index is 4.63. The zero-order valence-corrected chi connectivity index (χ0v) is 14.2. The molecule has 0 N–H and O–H groups in total. The van der Waals surface area contributed by atoms with Crippen LogP contribution in [0.15, 0.2) is 29.2 Å². The van der Waals surface area contributed by atoms with E-state index in [-0.39, 0.29) is 0 Å². The lowest BCUT2D eigenvalue weighted by atomic mass is 10.2. The Morgan fingerprint density at radius 1 is 1.14 bits per heavy atom. The van der Waals surface area contributed by atoms with Gasteiger partial charge in [-0.3, -0.25) is 0 Å². The summed E-state index contributed by atoms with van der Waals surface area (Å²) in [5.74, 6) is 1.10. The van der Waals surface area contributed by atoms with E-state index in [9.17, 15) is 0 Å². The van der Waals surface area contributed by atoms with E-state index in [0.717, 1.165) is 43.4 Å². The minimum atomic E-state index is 1.04. The molecule has 0 spiro atoms. The van der Waals surface area contributed by atoms with Gasteiger partial charge in [0.05, 0.1) is 5.39 Å². The largest absolute Gasteiger partial charge is 0.353 e. The van der Waals surface area contributed by atoms with Gasteiger partial charge in [0.1, 0.15) is 17.0 Å². The van der Waals surface area contributed by atoms with Crippen LogP contribution in [0.1, 0.15) is 6.92 Å². The van der Waals surface area contributed by atoms with Crippen molar-refractivity contribution in [3.63, 3.8) is 0 Å². The third-order valence-corrected chi connectivity index (χ3v) is 6.05. The lowest BCUT2D eigenvalue weighted by Gasteiger charge is -2.35. The average molecular weight is 330 g/mol. The summed E-state index contributed by atoms with van der Waals surface area (Å²) in [6, 6.07) is 4.28. The van der Waals surface area contributed by atoms with Crippen LogP contribution < -0.4 is 4.90 Å². The molecule has 1 aliphatic heterocycles. The predicted octanol–water partition coefficient (Wildman–Crippen LogP) is 3.56. The highest BCUT2D eigenvalue weighted by Crippen LogP contribution is 2.39. The van der Waals surface area contributed by atoms with Gasteiger partial charge < -0.3 is 9.80 Å². The van der Waals surface area contributed by atoms with Crippen molar-refractivity contribution < 1.29 is 0 Å². The highest BCUT2D eigenvalue weighted by atomic mass is 32.1. The van der Waals surface area contributed by atoms with Gasteiger partial charge in [0, 0.05) is 42.0 Å². The maximum Gasteiger partial charge on any atom is 0.141 e. The molecule has 0 aliphatic carbocycles. The molecule has 1 saturated heterocycles. The molecule has 22 heavy (non-hydrogen) atoms. The van der Waals surface area contributed by atoms with E-state index in [1.165, 1.54) is 15.8 Å². The standard InChI is InChI=1S/C16H18N4S2/c1-2-19-5-7-20(8-6-19)15-14-12(13-4-3-9-21-13)10-22-16(14)18-11-17-15/h3-4,9-11H,2,5-8H2,1H3. The summed E-state index contributed by atoms with van der Waals surface area (Å²) in [4.78, 5) is 16.4. The molecular weight excluding hydrogens is 312 g/mol. The number of likely N-dealkylation sites (N-methyl/N-ethyl adjacent to an activating group) is 1. The van der Waals surface area contributed by atoms with Gasteiger partial charge in [-0.1, -0.05) is 13.0 Å². The van der Waals surface area contributed by atoms with Crippen molar-refractivity contribution in [2.75, 3.05) is 37.6 Å². The second kappa shape index (κ2) is 5.95. The molecule has 1 aliphatic rings. The monoisotopic (exact) mass is 330 g/mol. The van der Waals surface area contributed by atoms with Crippen LogP contribution in [0, 0.1) is 0 Å². The molecule has 0 saturated carbocycles. The molecule has 4 nitrogen and oxygen atoms in total. The molecule has 0 unspecified atom stereocenters. The number of fused-ring (bicyclic) bond motifs is 1. The van der Waals surface area contributed by atoms with Gasteiger partial charge in [0.2, 0.25) is 0 Å². The molecule has 4 rings (SSSR count). The lowest BCUT2D eigenvalue weighted by molar-refractivity contribution is 0.271. The number of rotatable bonds is 3. The summed E-state index contributed by atoms with van der Waals surface area (Å²) in [5, 5.41) is 5.57. The second-order valence-corrected chi connectivity index (χ2v) is 7.23. The SMILES string of the molecule is CCN1CCN(c2ncnc3scc(-c4cccs4)c23)CC1. The van der Waals surface area contributed by atoms with Crippen LogP contribution >= 0.6 is 22.7 Å². The Kier molecular flexibility index (Phi) is 3.82. The molecule has 0 atom stereocenters. The maximum absolute atomic E-state index is 4.63.